The lowest BCUT2D eigenvalue weighted by molar-refractivity contribution is -0.180. The van der Waals surface area contributed by atoms with Crippen LogP contribution in [0.25, 0.3) is 0 Å². The molecule has 1 aromatic carbocycles. The molecule has 8 heteroatoms. The molecular weight excluding hydrogens is 446 g/mol. The van der Waals surface area contributed by atoms with Crippen molar-refractivity contribution in [3.8, 4) is 0 Å². The lowest BCUT2D eigenvalue weighted by Crippen LogP contribution is -2.73. The molecule has 3 aliphatic rings. The second kappa shape index (κ2) is 10.3. The van der Waals surface area contributed by atoms with Crippen molar-refractivity contribution in [3.63, 3.8) is 0 Å². The molecule has 3 fully saturated rings. The van der Waals surface area contributed by atoms with E-state index < -0.39 is 11.6 Å². The summed E-state index contributed by atoms with van der Waals surface area (Å²) in [6, 6.07) is 5.78. The molecule has 2 amide bonds. The molecule has 0 aromatic heterocycles. The summed E-state index contributed by atoms with van der Waals surface area (Å²) in [6.45, 7) is 12.4. The number of fused-ring (bicyclic) bond motifs is 1. The lowest BCUT2D eigenvalue weighted by atomic mass is 9.89. The van der Waals surface area contributed by atoms with Crippen LogP contribution >= 0.6 is 0 Å². The van der Waals surface area contributed by atoms with E-state index in [2.05, 4.69) is 30.9 Å². The highest BCUT2D eigenvalue weighted by molar-refractivity contribution is 5.88. The van der Waals surface area contributed by atoms with Gasteiger partial charge in [0.15, 0.2) is 5.60 Å². The topological polar surface area (TPSA) is 79.4 Å². The molecule has 0 spiro atoms. The number of carbonyl (C=O) groups is 3. The fourth-order valence-electron chi connectivity index (χ4n) is 5.86. The van der Waals surface area contributed by atoms with Crippen molar-refractivity contribution in [2.24, 2.45) is 0 Å². The van der Waals surface area contributed by atoms with E-state index in [-0.39, 0.29) is 29.9 Å². The van der Waals surface area contributed by atoms with Crippen molar-refractivity contribution in [1.29, 1.82) is 0 Å². The van der Waals surface area contributed by atoms with Gasteiger partial charge in [-0.15, -0.1) is 0 Å². The highest BCUT2D eigenvalue weighted by atomic mass is 16.6. The first-order chi connectivity index (χ1) is 16.6. The van der Waals surface area contributed by atoms with Crippen LogP contribution in [0.4, 0.5) is 0 Å². The number of likely N-dealkylation sites (tertiary alicyclic amines) is 1. The Morgan fingerprint density at radius 2 is 1.63 bits per heavy atom. The number of benzene rings is 1. The Hall–Kier alpha value is -2.45. The highest BCUT2D eigenvalue weighted by Crippen LogP contribution is 2.32. The molecule has 0 radical (unpaired) electrons. The maximum Gasteiger partial charge on any atom is 0.303 e. The van der Waals surface area contributed by atoms with Gasteiger partial charge in [-0.25, -0.2) is 0 Å². The van der Waals surface area contributed by atoms with Crippen LogP contribution in [-0.2, 0) is 30.3 Å². The van der Waals surface area contributed by atoms with E-state index in [4.69, 9.17) is 9.47 Å². The van der Waals surface area contributed by atoms with Crippen LogP contribution in [-0.4, -0.2) is 95.6 Å². The van der Waals surface area contributed by atoms with Gasteiger partial charge in [-0.2, -0.15) is 0 Å². The number of rotatable bonds is 5. The Bertz CT molecular complexity index is 972. The molecule has 1 aromatic rings. The maximum atomic E-state index is 13.7. The van der Waals surface area contributed by atoms with E-state index >= 15 is 0 Å². The number of ether oxygens (including phenoxy) is 2. The normalized spacial score (nSPS) is 25.3. The second-order valence-corrected chi connectivity index (χ2v) is 10.7. The summed E-state index contributed by atoms with van der Waals surface area (Å²) in [4.78, 5) is 45.1. The largest absolute Gasteiger partial charge is 0.450 e. The predicted octanol–water partition coefficient (Wildman–Crippen LogP) is 2.09. The first kappa shape index (κ1) is 25.6. The molecule has 0 bridgehead atoms. The van der Waals surface area contributed by atoms with Gasteiger partial charge in [-0.05, 0) is 70.3 Å². The zero-order chi connectivity index (χ0) is 25.3. The summed E-state index contributed by atoms with van der Waals surface area (Å²) < 4.78 is 11.4. The third-order valence-electron chi connectivity index (χ3n) is 7.74. The fourth-order valence-corrected chi connectivity index (χ4v) is 5.86. The van der Waals surface area contributed by atoms with Gasteiger partial charge in [-0.3, -0.25) is 19.3 Å². The minimum Gasteiger partial charge on any atom is -0.450 e. The molecule has 0 N–H and O–H groups in total. The summed E-state index contributed by atoms with van der Waals surface area (Å²) in [6.07, 6.45) is 2.60. The van der Waals surface area contributed by atoms with Gasteiger partial charge in [0, 0.05) is 20.0 Å². The number of hydrogen-bond acceptors (Lipinski definition) is 6. The number of nitrogens with zero attached hydrogens (tertiary/aromatic N) is 3. The first-order valence-electron chi connectivity index (χ1n) is 12.8. The standard InChI is InChI=1S/C27H39N3O5/c1-18-8-9-21(14-19(18)2)15-24(32)30-13-12-29(26(33)27(4,5)35-20(3)31)23-17-34-16-22(25(23)30)28-10-6-7-11-28/h8-9,14,22-23,25H,6-7,10-13,15-17H2,1-5H3/t22-,23?,25+/m0/s1. The van der Waals surface area contributed by atoms with Gasteiger partial charge < -0.3 is 19.3 Å². The molecule has 3 atom stereocenters. The molecule has 192 valence electrons. The van der Waals surface area contributed by atoms with Crippen LogP contribution in [0.5, 0.6) is 0 Å². The Morgan fingerprint density at radius 3 is 2.29 bits per heavy atom. The summed E-state index contributed by atoms with van der Waals surface area (Å²) >= 11 is 0. The molecule has 4 rings (SSSR count). The van der Waals surface area contributed by atoms with Crippen LogP contribution in [0.3, 0.4) is 0 Å². The number of piperazine rings is 1. The second-order valence-electron chi connectivity index (χ2n) is 10.7. The smallest absolute Gasteiger partial charge is 0.303 e. The molecule has 0 aliphatic carbocycles. The number of amides is 2. The van der Waals surface area contributed by atoms with Gasteiger partial charge in [0.1, 0.15) is 0 Å². The molecule has 0 saturated carbocycles. The third kappa shape index (κ3) is 5.38. The van der Waals surface area contributed by atoms with Crippen molar-refractivity contribution in [2.45, 2.75) is 77.6 Å². The monoisotopic (exact) mass is 485 g/mol. The maximum absolute atomic E-state index is 13.7. The zero-order valence-electron chi connectivity index (χ0n) is 21.7. The van der Waals surface area contributed by atoms with E-state index in [1.54, 1.807) is 18.7 Å². The predicted molar refractivity (Wildman–Crippen MR) is 132 cm³/mol. The van der Waals surface area contributed by atoms with Crippen molar-refractivity contribution >= 4 is 17.8 Å². The van der Waals surface area contributed by atoms with Crippen LogP contribution < -0.4 is 0 Å². The fraction of sp³-hybridized carbons (Fsp3) is 0.667. The average molecular weight is 486 g/mol. The van der Waals surface area contributed by atoms with Crippen LogP contribution in [0.15, 0.2) is 18.2 Å². The van der Waals surface area contributed by atoms with Crippen molar-refractivity contribution in [2.75, 3.05) is 39.4 Å². The summed E-state index contributed by atoms with van der Waals surface area (Å²) in [5, 5.41) is 0. The van der Waals surface area contributed by atoms with Gasteiger partial charge in [0.2, 0.25) is 5.91 Å². The van der Waals surface area contributed by atoms with Crippen molar-refractivity contribution < 1.29 is 23.9 Å². The third-order valence-corrected chi connectivity index (χ3v) is 7.74. The average Bonchev–Trinajstić information content (AvgIpc) is 3.34. The minimum absolute atomic E-state index is 0.0346. The minimum atomic E-state index is -1.28. The van der Waals surface area contributed by atoms with E-state index in [0.29, 0.717) is 32.7 Å². The summed E-state index contributed by atoms with van der Waals surface area (Å²) in [7, 11) is 0. The number of carbonyl (C=O) groups excluding carboxylic acids is 3. The molecule has 8 nitrogen and oxygen atoms in total. The molecule has 3 saturated heterocycles. The molecule has 35 heavy (non-hydrogen) atoms. The Labute approximate surface area is 208 Å². The Balaban J connectivity index is 1.61. The quantitative estimate of drug-likeness (QED) is 0.595. The van der Waals surface area contributed by atoms with Gasteiger partial charge in [-0.1, -0.05) is 18.2 Å². The van der Waals surface area contributed by atoms with Crippen LogP contribution in [0.1, 0.15) is 50.3 Å². The number of esters is 1. The summed E-state index contributed by atoms with van der Waals surface area (Å²) in [5.41, 5.74) is 2.12. The SMILES string of the molecule is CC(=O)OC(C)(C)C(=O)N1CCN(C(=O)Cc2ccc(C)c(C)c2)[C@H]2C1COC[C@@H]2N1CCCC1. The van der Waals surface area contributed by atoms with Gasteiger partial charge in [0.25, 0.3) is 5.91 Å². The van der Waals surface area contributed by atoms with Crippen LogP contribution in [0, 0.1) is 13.8 Å². The lowest BCUT2D eigenvalue weighted by Gasteiger charge is -2.55. The molecule has 1 unspecified atom stereocenters. The molecule has 3 heterocycles. The number of aryl methyl sites for hydroxylation is 2. The van der Waals surface area contributed by atoms with E-state index in [1.165, 1.54) is 18.1 Å². The molecular formula is C27H39N3O5. The van der Waals surface area contributed by atoms with Crippen molar-refractivity contribution in [3.05, 3.63) is 34.9 Å². The Kier molecular flexibility index (Phi) is 7.52. The highest BCUT2D eigenvalue weighted by Gasteiger charge is 2.51. The van der Waals surface area contributed by atoms with E-state index in [0.717, 1.165) is 31.5 Å². The van der Waals surface area contributed by atoms with E-state index in [1.807, 2.05) is 11.0 Å². The van der Waals surface area contributed by atoms with E-state index in [9.17, 15) is 14.4 Å². The first-order valence-corrected chi connectivity index (χ1v) is 12.8. The van der Waals surface area contributed by atoms with Gasteiger partial charge >= 0.3 is 5.97 Å². The Morgan fingerprint density at radius 1 is 0.971 bits per heavy atom. The zero-order valence-corrected chi connectivity index (χ0v) is 21.7. The van der Waals surface area contributed by atoms with Gasteiger partial charge in [0.05, 0.1) is 37.8 Å². The summed E-state index contributed by atoms with van der Waals surface area (Å²) in [5.74, 6) is -0.646. The van der Waals surface area contributed by atoms with Crippen molar-refractivity contribution in [1.82, 2.24) is 14.7 Å². The number of hydrogen-bond donors (Lipinski definition) is 0. The molecule has 3 aliphatic heterocycles. The van der Waals surface area contributed by atoms with Crippen LogP contribution in [0.2, 0.25) is 0 Å².